The van der Waals surface area contributed by atoms with Crippen LogP contribution in [0.3, 0.4) is 0 Å². The molecule has 1 rings (SSSR count). The van der Waals surface area contributed by atoms with Crippen molar-refractivity contribution in [1.29, 1.82) is 0 Å². The Labute approximate surface area is 104 Å². The van der Waals surface area contributed by atoms with Crippen LogP contribution in [-0.4, -0.2) is 50.3 Å². The van der Waals surface area contributed by atoms with Gasteiger partial charge in [-0.05, 0) is 19.8 Å². The standard InChI is InChI=1S/C13H23NO3/c1-2-3-4-5-6-13(15)17-12-9-14-7-10-16-11-8-14/h2-3H,4-12H2,1H3/b3-2-. The van der Waals surface area contributed by atoms with Crippen LogP contribution in [0.15, 0.2) is 12.2 Å². The van der Waals surface area contributed by atoms with Gasteiger partial charge in [-0.1, -0.05) is 12.2 Å². The minimum Gasteiger partial charge on any atom is -0.464 e. The number of ether oxygens (including phenoxy) is 2. The summed E-state index contributed by atoms with van der Waals surface area (Å²) in [6.07, 6.45) is 6.42. The molecular formula is C13H23NO3. The molecule has 4 heteroatoms. The molecule has 1 saturated heterocycles. The van der Waals surface area contributed by atoms with Crippen molar-refractivity contribution in [2.75, 3.05) is 39.5 Å². The molecule has 0 aromatic rings. The fraction of sp³-hybridized carbons (Fsp3) is 0.769. The average molecular weight is 241 g/mol. The second kappa shape index (κ2) is 9.19. The monoisotopic (exact) mass is 241 g/mol. The summed E-state index contributed by atoms with van der Waals surface area (Å²) in [6.45, 7) is 6.78. The number of rotatable bonds is 7. The molecule has 1 heterocycles. The van der Waals surface area contributed by atoms with E-state index in [2.05, 4.69) is 11.0 Å². The summed E-state index contributed by atoms with van der Waals surface area (Å²) in [4.78, 5) is 13.6. The molecule has 1 aliphatic heterocycles. The highest BCUT2D eigenvalue weighted by Gasteiger charge is 2.10. The zero-order chi connectivity index (χ0) is 12.3. The van der Waals surface area contributed by atoms with E-state index < -0.39 is 0 Å². The highest BCUT2D eigenvalue weighted by molar-refractivity contribution is 5.69. The third kappa shape index (κ3) is 7.13. The lowest BCUT2D eigenvalue weighted by Gasteiger charge is -2.26. The van der Waals surface area contributed by atoms with Crippen molar-refractivity contribution in [2.24, 2.45) is 0 Å². The fourth-order valence-electron chi connectivity index (χ4n) is 1.72. The van der Waals surface area contributed by atoms with Gasteiger partial charge < -0.3 is 9.47 Å². The number of esters is 1. The molecule has 0 spiro atoms. The molecule has 0 saturated carbocycles. The zero-order valence-electron chi connectivity index (χ0n) is 10.7. The van der Waals surface area contributed by atoms with Crippen LogP contribution >= 0.6 is 0 Å². The van der Waals surface area contributed by atoms with Crippen LogP contribution in [0.1, 0.15) is 26.2 Å². The summed E-state index contributed by atoms with van der Waals surface area (Å²) in [7, 11) is 0. The lowest BCUT2D eigenvalue weighted by atomic mass is 10.2. The van der Waals surface area contributed by atoms with Crippen molar-refractivity contribution in [2.45, 2.75) is 26.2 Å². The smallest absolute Gasteiger partial charge is 0.305 e. The van der Waals surface area contributed by atoms with Crippen molar-refractivity contribution in [1.82, 2.24) is 4.90 Å². The Kier molecular flexibility index (Phi) is 7.67. The molecule has 0 aromatic carbocycles. The SMILES string of the molecule is C/C=C\CCCC(=O)OCCN1CCOCC1. The number of morpholine rings is 1. The highest BCUT2D eigenvalue weighted by Crippen LogP contribution is 2.00. The topological polar surface area (TPSA) is 38.8 Å². The molecule has 0 atom stereocenters. The van der Waals surface area contributed by atoms with Gasteiger partial charge in [-0.3, -0.25) is 9.69 Å². The Morgan fingerprint density at radius 3 is 2.88 bits per heavy atom. The molecule has 0 aliphatic carbocycles. The van der Waals surface area contributed by atoms with Crippen LogP contribution in [0, 0.1) is 0 Å². The van der Waals surface area contributed by atoms with E-state index in [0.29, 0.717) is 13.0 Å². The van der Waals surface area contributed by atoms with Gasteiger partial charge in [-0.25, -0.2) is 0 Å². The largest absolute Gasteiger partial charge is 0.464 e. The Bertz CT molecular complexity index is 235. The summed E-state index contributed by atoms with van der Waals surface area (Å²) in [6, 6.07) is 0. The third-order valence-electron chi connectivity index (χ3n) is 2.76. The van der Waals surface area contributed by atoms with Crippen LogP contribution in [0.4, 0.5) is 0 Å². The first kappa shape index (κ1) is 14.2. The first-order chi connectivity index (χ1) is 8.33. The number of unbranched alkanes of at least 4 members (excludes halogenated alkanes) is 1. The summed E-state index contributed by atoms with van der Waals surface area (Å²) >= 11 is 0. The summed E-state index contributed by atoms with van der Waals surface area (Å²) in [5.41, 5.74) is 0. The molecular weight excluding hydrogens is 218 g/mol. The van der Waals surface area contributed by atoms with E-state index in [9.17, 15) is 4.79 Å². The molecule has 0 amide bonds. The van der Waals surface area contributed by atoms with Crippen LogP contribution in [0.5, 0.6) is 0 Å². The number of hydrogen-bond donors (Lipinski definition) is 0. The maximum absolute atomic E-state index is 11.4. The summed E-state index contributed by atoms with van der Waals surface area (Å²) in [5.74, 6) is -0.0808. The van der Waals surface area contributed by atoms with Gasteiger partial charge in [0.1, 0.15) is 6.61 Å². The molecule has 1 aliphatic rings. The van der Waals surface area contributed by atoms with Crippen LogP contribution in [-0.2, 0) is 14.3 Å². The predicted molar refractivity (Wildman–Crippen MR) is 66.9 cm³/mol. The van der Waals surface area contributed by atoms with Gasteiger partial charge in [-0.15, -0.1) is 0 Å². The van der Waals surface area contributed by atoms with E-state index >= 15 is 0 Å². The van der Waals surface area contributed by atoms with Crippen LogP contribution in [0.2, 0.25) is 0 Å². The molecule has 0 bridgehead atoms. The number of hydrogen-bond acceptors (Lipinski definition) is 4. The van der Waals surface area contributed by atoms with E-state index in [0.717, 1.165) is 45.7 Å². The van der Waals surface area contributed by atoms with Gasteiger partial charge in [0.15, 0.2) is 0 Å². The zero-order valence-corrected chi connectivity index (χ0v) is 10.7. The molecule has 98 valence electrons. The van der Waals surface area contributed by atoms with Crippen molar-refractivity contribution in [3.63, 3.8) is 0 Å². The van der Waals surface area contributed by atoms with Crippen molar-refractivity contribution < 1.29 is 14.3 Å². The molecule has 0 N–H and O–H groups in total. The Morgan fingerprint density at radius 2 is 2.18 bits per heavy atom. The lowest BCUT2D eigenvalue weighted by Crippen LogP contribution is -2.38. The lowest BCUT2D eigenvalue weighted by molar-refractivity contribution is -0.144. The molecule has 17 heavy (non-hydrogen) atoms. The third-order valence-corrected chi connectivity index (χ3v) is 2.76. The highest BCUT2D eigenvalue weighted by atomic mass is 16.5. The quantitative estimate of drug-likeness (QED) is 0.385. The van der Waals surface area contributed by atoms with E-state index in [1.54, 1.807) is 0 Å². The number of allylic oxidation sites excluding steroid dienone is 2. The van der Waals surface area contributed by atoms with Gasteiger partial charge in [0.05, 0.1) is 13.2 Å². The first-order valence-electron chi connectivity index (χ1n) is 6.40. The second-order valence-corrected chi connectivity index (χ2v) is 4.14. The maximum atomic E-state index is 11.4. The van der Waals surface area contributed by atoms with Crippen LogP contribution < -0.4 is 0 Å². The second-order valence-electron chi connectivity index (χ2n) is 4.14. The molecule has 0 unspecified atom stereocenters. The normalized spacial score (nSPS) is 17.5. The average Bonchev–Trinajstić information content (AvgIpc) is 2.36. The number of nitrogens with zero attached hydrogens (tertiary/aromatic N) is 1. The minimum absolute atomic E-state index is 0.0808. The molecule has 0 aromatic heterocycles. The Balaban J connectivity index is 1.95. The molecule has 4 nitrogen and oxygen atoms in total. The van der Waals surface area contributed by atoms with Gasteiger partial charge in [-0.2, -0.15) is 0 Å². The number of carbonyl (C=O) groups excluding carboxylic acids is 1. The van der Waals surface area contributed by atoms with Gasteiger partial charge >= 0.3 is 5.97 Å². The molecule has 0 radical (unpaired) electrons. The Morgan fingerprint density at radius 1 is 1.41 bits per heavy atom. The van der Waals surface area contributed by atoms with Gasteiger partial charge in [0, 0.05) is 26.1 Å². The van der Waals surface area contributed by atoms with Gasteiger partial charge in [0.25, 0.3) is 0 Å². The molecule has 1 fully saturated rings. The Hall–Kier alpha value is -0.870. The van der Waals surface area contributed by atoms with E-state index in [4.69, 9.17) is 9.47 Å². The summed E-state index contributed by atoms with van der Waals surface area (Å²) < 4.78 is 10.4. The maximum Gasteiger partial charge on any atom is 0.305 e. The van der Waals surface area contributed by atoms with E-state index in [1.165, 1.54) is 0 Å². The van der Waals surface area contributed by atoms with E-state index in [1.807, 2.05) is 13.0 Å². The summed E-state index contributed by atoms with van der Waals surface area (Å²) in [5, 5.41) is 0. The van der Waals surface area contributed by atoms with Crippen molar-refractivity contribution in [3.05, 3.63) is 12.2 Å². The fourth-order valence-corrected chi connectivity index (χ4v) is 1.72. The van der Waals surface area contributed by atoms with E-state index in [-0.39, 0.29) is 5.97 Å². The van der Waals surface area contributed by atoms with Gasteiger partial charge in [0.2, 0.25) is 0 Å². The van der Waals surface area contributed by atoms with Crippen molar-refractivity contribution >= 4 is 5.97 Å². The van der Waals surface area contributed by atoms with Crippen molar-refractivity contribution in [3.8, 4) is 0 Å². The minimum atomic E-state index is -0.0808. The first-order valence-corrected chi connectivity index (χ1v) is 6.40. The number of carbonyl (C=O) groups is 1. The predicted octanol–water partition coefficient (Wildman–Crippen LogP) is 1.61. The van der Waals surface area contributed by atoms with Crippen LogP contribution in [0.25, 0.3) is 0 Å².